The molecule has 1 amide bonds. The van der Waals surface area contributed by atoms with Gasteiger partial charge in [0.25, 0.3) is 21.6 Å². The Morgan fingerprint density at radius 1 is 0.969 bits per heavy atom. The first-order valence-corrected chi connectivity index (χ1v) is 24.0. The number of carbonyl (C=O) groups is 1. The van der Waals surface area contributed by atoms with E-state index in [-0.39, 0.29) is 36.3 Å². The molecule has 1 spiro atoms. The number of nitrogens with zero attached hydrogens (tertiary/aromatic N) is 6. The number of aromatic amines is 1. The van der Waals surface area contributed by atoms with Gasteiger partial charge in [-0.05, 0) is 97.2 Å². The Balaban J connectivity index is 0.906. The van der Waals surface area contributed by atoms with Gasteiger partial charge >= 0.3 is 0 Å². The molecule has 3 fully saturated rings. The van der Waals surface area contributed by atoms with E-state index in [0.29, 0.717) is 67.9 Å². The molecule has 5 aliphatic rings. The normalized spacial score (nSPS) is 20.0. The highest BCUT2D eigenvalue weighted by atomic mass is 35.5. The fourth-order valence-electron chi connectivity index (χ4n) is 9.71. The zero-order chi connectivity index (χ0) is 44.7. The van der Waals surface area contributed by atoms with Crippen LogP contribution in [0.3, 0.4) is 0 Å². The number of hydrogen-bond acceptors (Lipinski definition) is 14. The van der Waals surface area contributed by atoms with E-state index in [4.69, 9.17) is 30.8 Å². The Bertz CT molecular complexity index is 2770. The molecule has 3 aliphatic heterocycles. The van der Waals surface area contributed by atoms with Crippen molar-refractivity contribution in [2.45, 2.75) is 49.5 Å². The number of rotatable bonds is 12. The van der Waals surface area contributed by atoms with Crippen LogP contribution in [0.4, 0.5) is 28.7 Å². The lowest BCUT2D eigenvalue weighted by atomic mass is 9.59. The standard InChI is InChI=1S/C46H50ClN9O8S/c47-33-4-2-30(3-5-33)37-26-46(12-1-13-46)14-10-32(37)28-53-16-18-54(19-17-53)41-9-7-36(43(50-41)55-20-21-64-45-40(55)24-31-11-15-48-42(31)51-45)44(57)52-65(60,61)35-6-8-38(39(25-35)56(58)59)49-27-34-29-62-22-23-63-34/h2-9,11,15,24-25,34,49H,1,10,12-14,16-23,26-29H2,(H,48,51)(H,52,57). The van der Waals surface area contributed by atoms with E-state index in [1.807, 2.05) is 29.2 Å². The maximum atomic E-state index is 14.3. The quantitative estimate of drug-likeness (QED) is 0.0861. The second-order valence-electron chi connectivity index (χ2n) is 17.5. The van der Waals surface area contributed by atoms with E-state index < -0.39 is 31.4 Å². The number of carbonyl (C=O) groups excluding carboxylic acids is 1. The van der Waals surface area contributed by atoms with Crippen LogP contribution in [0, 0.1) is 15.5 Å². The van der Waals surface area contributed by atoms with Crippen molar-refractivity contribution in [3.8, 4) is 5.88 Å². The second-order valence-corrected chi connectivity index (χ2v) is 19.6. The number of halogens is 1. The number of benzene rings is 2. The number of ether oxygens (including phenoxy) is 3. The zero-order valence-electron chi connectivity index (χ0n) is 35.8. The number of allylic oxidation sites excluding steroid dienone is 1. The lowest BCUT2D eigenvalue weighted by Crippen LogP contribution is -2.47. The van der Waals surface area contributed by atoms with Gasteiger partial charge in [0.2, 0.25) is 5.88 Å². The van der Waals surface area contributed by atoms with Crippen LogP contribution >= 0.6 is 11.6 Å². The minimum atomic E-state index is -4.61. The second kappa shape index (κ2) is 17.9. The smallest absolute Gasteiger partial charge is 0.293 e. The minimum Gasteiger partial charge on any atom is -0.474 e. The molecule has 340 valence electrons. The van der Waals surface area contributed by atoms with Gasteiger partial charge < -0.3 is 34.3 Å². The summed E-state index contributed by atoms with van der Waals surface area (Å²) in [6.45, 7) is 5.82. The van der Waals surface area contributed by atoms with Crippen LogP contribution < -0.4 is 24.6 Å². The zero-order valence-corrected chi connectivity index (χ0v) is 37.3. The number of pyridine rings is 2. The van der Waals surface area contributed by atoms with Gasteiger partial charge in [-0.2, -0.15) is 4.98 Å². The first-order valence-electron chi connectivity index (χ1n) is 22.1. The predicted octanol–water partition coefficient (Wildman–Crippen LogP) is 6.93. The highest BCUT2D eigenvalue weighted by Gasteiger charge is 2.41. The number of amides is 1. The summed E-state index contributed by atoms with van der Waals surface area (Å²) < 4.78 is 46.9. The molecular weight excluding hydrogens is 874 g/mol. The molecule has 0 radical (unpaired) electrons. The summed E-state index contributed by atoms with van der Waals surface area (Å²) in [7, 11) is -4.61. The van der Waals surface area contributed by atoms with Gasteiger partial charge in [-0.25, -0.2) is 18.1 Å². The maximum absolute atomic E-state index is 14.3. The Labute approximate surface area is 381 Å². The molecule has 6 heterocycles. The van der Waals surface area contributed by atoms with E-state index in [9.17, 15) is 23.3 Å². The number of H-pyrrole nitrogens is 1. The number of nitro benzene ring substituents is 1. The molecule has 2 aromatic carbocycles. The number of nitrogens with one attached hydrogen (secondary N) is 3. The van der Waals surface area contributed by atoms with Crippen molar-refractivity contribution < 1.29 is 32.3 Å². The highest BCUT2D eigenvalue weighted by Crippen LogP contribution is 2.55. The summed E-state index contributed by atoms with van der Waals surface area (Å²) in [6, 6.07) is 18.8. The van der Waals surface area contributed by atoms with Crippen molar-refractivity contribution in [1.82, 2.24) is 24.6 Å². The molecule has 1 unspecified atom stereocenters. The van der Waals surface area contributed by atoms with Crippen LogP contribution in [-0.2, 0) is 19.5 Å². The lowest BCUT2D eigenvalue weighted by Gasteiger charge is -2.47. The Morgan fingerprint density at radius 3 is 2.55 bits per heavy atom. The average molecular weight is 924 g/mol. The van der Waals surface area contributed by atoms with Crippen molar-refractivity contribution >= 4 is 72.8 Å². The third-order valence-corrected chi connectivity index (χ3v) is 15.0. The molecule has 65 heavy (non-hydrogen) atoms. The molecule has 3 N–H and O–H groups in total. The van der Waals surface area contributed by atoms with Gasteiger partial charge in [-0.3, -0.25) is 19.8 Å². The van der Waals surface area contributed by atoms with Gasteiger partial charge in [0.05, 0.1) is 47.9 Å². The van der Waals surface area contributed by atoms with Crippen molar-refractivity contribution in [2.24, 2.45) is 5.41 Å². The van der Waals surface area contributed by atoms with Gasteiger partial charge in [0, 0.05) is 61.9 Å². The van der Waals surface area contributed by atoms with Crippen molar-refractivity contribution in [3.05, 3.63) is 105 Å². The Hall–Kier alpha value is -5.79. The molecule has 17 nitrogen and oxygen atoms in total. The number of anilines is 4. The molecule has 0 bridgehead atoms. The number of hydrogen-bond donors (Lipinski definition) is 3. The number of fused-ring (bicyclic) bond motifs is 2. The maximum Gasteiger partial charge on any atom is 0.293 e. The van der Waals surface area contributed by atoms with Crippen LogP contribution in [0.15, 0.2) is 83.4 Å². The summed E-state index contributed by atoms with van der Waals surface area (Å²) in [5.74, 6) is 0.251. The van der Waals surface area contributed by atoms with Gasteiger partial charge in [-0.15, -0.1) is 0 Å². The van der Waals surface area contributed by atoms with Gasteiger partial charge in [0.15, 0.2) is 0 Å². The van der Waals surface area contributed by atoms with Crippen molar-refractivity contribution in [2.75, 3.05) is 87.4 Å². The van der Waals surface area contributed by atoms with E-state index in [1.54, 1.807) is 18.3 Å². The van der Waals surface area contributed by atoms with Crippen LogP contribution in [0.25, 0.3) is 16.6 Å². The van der Waals surface area contributed by atoms with Gasteiger partial charge in [-0.1, -0.05) is 35.7 Å². The SMILES string of the molecule is O=C(NS(=O)(=O)c1ccc(NCC2COCCO2)c([N+](=O)[O-])c1)c1ccc(N2CCN(CC3=C(c4ccc(Cl)cc4)CC4(CCC4)CC3)CC2)nc1N1CCOc2nc3[nH]ccc3cc21. The summed E-state index contributed by atoms with van der Waals surface area (Å²) in [5, 5.41) is 16.7. The molecule has 5 aromatic rings. The third-order valence-electron chi connectivity index (χ3n) is 13.4. The van der Waals surface area contributed by atoms with E-state index in [2.05, 4.69) is 41.9 Å². The first kappa shape index (κ1) is 43.1. The minimum absolute atomic E-state index is 0.0105. The van der Waals surface area contributed by atoms with Crippen LogP contribution in [-0.4, -0.2) is 117 Å². The molecule has 2 saturated heterocycles. The largest absolute Gasteiger partial charge is 0.474 e. The molecule has 19 heteroatoms. The van der Waals surface area contributed by atoms with E-state index in [1.165, 1.54) is 54.5 Å². The summed E-state index contributed by atoms with van der Waals surface area (Å²) in [5.41, 5.74) is 5.49. The van der Waals surface area contributed by atoms with Crippen LogP contribution in [0.5, 0.6) is 5.88 Å². The molecular formula is C46H50ClN9O8S. The predicted molar refractivity (Wildman–Crippen MR) is 247 cm³/mol. The monoisotopic (exact) mass is 923 g/mol. The molecule has 1 saturated carbocycles. The molecule has 3 aromatic heterocycles. The summed E-state index contributed by atoms with van der Waals surface area (Å²) >= 11 is 6.29. The number of nitro groups is 1. The lowest BCUT2D eigenvalue weighted by molar-refractivity contribution is -0.384. The van der Waals surface area contributed by atoms with E-state index >= 15 is 0 Å². The highest BCUT2D eigenvalue weighted by molar-refractivity contribution is 7.90. The third kappa shape index (κ3) is 8.97. The van der Waals surface area contributed by atoms with Crippen LogP contribution in [0.2, 0.25) is 5.02 Å². The summed E-state index contributed by atoms with van der Waals surface area (Å²) in [6.07, 6.45) is 8.81. The van der Waals surface area contributed by atoms with Crippen molar-refractivity contribution in [3.63, 3.8) is 0 Å². The Kier molecular flexibility index (Phi) is 11.9. The van der Waals surface area contributed by atoms with E-state index in [0.717, 1.165) is 49.0 Å². The number of piperazine rings is 1. The van der Waals surface area contributed by atoms with Gasteiger partial charge in [0.1, 0.15) is 35.3 Å². The fourth-order valence-corrected chi connectivity index (χ4v) is 10.8. The fraction of sp³-hybridized carbons (Fsp3) is 0.413. The van der Waals surface area contributed by atoms with Crippen LogP contribution in [0.1, 0.15) is 54.4 Å². The topological polar surface area (TPSA) is 197 Å². The number of sulfonamides is 1. The first-order chi connectivity index (χ1) is 31.5. The summed E-state index contributed by atoms with van der Waals surface area (Å²) in [4.78, 5) is 44.7. The number of aromatic nitrogens is 3. The molecule has 2 aliphatic carbocycles. The molecule has 10 rings (SSSR count). The molecule has 1 atom stereocenters. The average Bonchev–Trinajstić information content (AvgIpc) is 3.77. The Morgan fingerprint density at radius 2 is 1.80 bits per heavy atom. The van der Waals surface area contributed by atoms with Crippen molar-refractivity contribution in [1.29, 1.82) is 0 Å².